The molecule has 1 aliphatic rings. The van der Waals surface area contributed by atoms with E-state index in [2.05, 4.69) is 15.6 Å². The van der Waals surface area contributed by atoms with Crippen LogP contribution in [0.4, 0.5) is 5.69 Å². The van der Waals surface area contributed by atoms with Gasteiger partial charge in [0.05, 0.1) is 12.2 Å². The molecule has 3 rings (SSSR count). The fourth-order valence-electron chi connectivity index (χ4n) is 1.91. The quantitative estimate of drug-likeness (QED) is 0.830. The Bertz CT molecular complexity index is 592. The monoisotopic (exact) mass is 259 g/mol. The molecule has 0 saturated carbocycles. The van der Waals surface area contributed by atoms with Crippen LogP contribution in [0.1, 0.15) is 12.3 Å². The number of carbonyl (C=O) groups excluding carboxylic acids is 1. The van der Waals surface area contributed by atoms with Crippen molar-refractivity contribution in [3.63, 3.8) is 0 Å². The molecule has 2 aromatic rings. The lowest BCUT2D eigenvalue weighted by molar-refractivity contribution is -0.119. The standard InChI is InChI=1S/C12H13N5O2/c13-7-11-14-12(16-19-11)8-1-3-9(4-2-8)17-6-5-10(18)15-17/h1-4H,5-7,13H2,(H,15,18). The molecule has 7 nitrogen and oxygen atoms in total. The SMILES string of the molecule is NCc1nc(-c2ccc(N3CCC(=O)N3)cc2)no1. The van der Waals surface area contributed by atoms with Gasteiger partial charge in [-0.1, -0.05) is 5.16 Å². The Kier molecular flexibility index (Phi) is 2.88. The summed E-state index contributed by atoms with van der Waals surface area (Å²) in [5.74, 6) is 0.957. The Hall–Kier alpha value is -2.41. The maximum Gasteiger partial charge on any atom is 0.240 e. The third-order valence-corrected chi connectivity index (χ3v) is 2.90. The van der Waals surface area contributed by atoms with Crippen LogP contribution >= 0.6 is 0 Å². The molecule has 98 valence electrons. The first-order chi connectivity index (χ1) is 9.26. The van der Waals surface area contributed by atoms with Gasteiger partial charge in [0.2, 0.25) is 17.6 Å². The van der Waals surface area contributed by atoms with E-state index in [1.54, 1.807) is 0 Å². The minimum absolute atomic E-state index is 0.0369. The van der Waals surface area contributed by atoms with Gasteiger partial charge in [0.15, 0.2) is 0 Å². The third-order valence-electron chi connectivity index (χ3n) is 2.90. The van der Waals surface area contributed by atoms with Crippen molar-refractivity contribution in [1.29, 1.82) is 0 Å². The van der Waals surface area contributed by atoms with E-state index < -0.39 is 0 Å². The normalized spacial score (nSPS) is 14.8. The molecule has 19 heavy (non-hydrogen) atoms. The highest BCUT2D eigenvalue weighted by Gasteiger charge is 2.18. The van der Waals surface area contributed by atoms with Crippen LogP contribution in [0.2, 0.25) is 0 Å². The summed E-state index contributed by atoms with van der Waals surface area (Å²) in [5, 5.41) is 5.66. The molecule has 0 bridgehead atoms. The van der Waals surface area contributed by atoms with Crippen molar-refractivity contribution in [2.75, 3.05) is 11.6 Å². The molecular formula is C12H13N5O2. The number of anilines is 1. The van der Waals surface area contributed by atoms with Gasteiger partial charge in [0, 0.05) is 18.5 Å². The number of hydrogen-bond acceptors (Lipinski definition) is 6. The maximum absolute atomic E-state index is 11.2. The highest BCUT2D eigenvalue weighted by molar-refractivity contribution is 5.81. The summed E-state index contributed by atoms with van der Waals surface area (Å²) >= 11 is 0. The van der Waals surface area contributed by atoms with Crippen LogP contribution in [-0.4, -0.2) is 22.6 Å². The summed E-state index contributed by atoms with van der Waals surface area (Å²) in [7, 11) is 0. The predicted octanol–water partition coefficient (Wildman–Crippen LogP) is 0.437. The van der Waals surface area contributed by atoms with Crippen molar-refractivity contribution in [3.05, 3.63) is 30.2 Å². The highest BCUT2D eigenvalue weighted by atomic mass is 16.5. The van der Waals surface area contributed by atoms with Crippen LogP contribution in [-0.2, 0) is 11.3 Å². The summed E-state index contributed by atoms with van der Waals surface area (Å²) in [6.07, 6.45) is 0.520. The molecule has 1 amide bonds. The lowest BCUT2D eigenvalue weighted by Gasteiger charge is -2.17. The molecule has 0 aliphatic carbocycles. The number of hydrogen-bond donors (Lipinski definition) is 2. The largest absolute Gasteiger partial charge is 0.338 e. The van der Waals surface area contributed by atoms with Crippen molar-refractivity contribution in [2.24, 2.45) is 5.73 Å². The van der Waals surface area contributed by atoms with Gasteiger partial charge < -0.3 is 10.3 Å². The number of rotatable bonds is 3. The number of aromatic nitrogens is 2. The van der Waals surface area contributed by atoms with Crippen LogP contribution in [0.5, 0.6) is 0 Å². The summed E-state index contributed by atoms with van der Waals surface area (Å²) < 4.78 is 4.96. The van der Waals surface area contributed by atoms with E-state index in [-0.39, 0.29) is 12.5 Å². The molecule has 1 aromatic carbocycles. The van der Waals surface area contributed by atoms with Crippen LogP contribution < -0.4 is 16.2 Å². The van der Waals surface area contributed by atoms with E-state index in [4.69, 9.17) is 10.3 Å². The lowest BCUT2D eigenvalue weighted by Crippen LogP contribution is -2.32. The lowest BCUT2D eigenvalue weighted by atomic mass is 10.2. The molecular weight excluding hydrogens is 246 g/mol. The minimum Gasteiger partial charge on any atom is -0.338 e. The molecule has 0 spiro atoms. The molecule has 0 atom stereocenters. The van der Waals surface area contributed by atoms with Gasteiger partial charge in [-0.3, -0.25) is 15.2 Å². The minimum atomic E-state index is 0.0369. The molecule has 1 aliphatic heterocycles. The van der Waals surface area contributed by atoms with Crippen molar-refractivity contribution in [1.82, 2.24) is 15.6 Å². The van der Waals surface area contributed by atoms with Gasteiger partial charge >= 0.3 is 0 Å². The molecule has 1 aromatic heterocycles. The number of nitrogens with one attached hydrogen (secondary N) is 1. The van der Waals surface area contributed by atoms with Crippen molar-refractivity contribution < 1.29 is 9.32 Å². The van der Waals surface area contributed by atoms with Crippen molar-refractivity contribution in [2.45, 2.75) is 13.0 Å². The first-order valence-electron chi connectivity index (χ1n) is 5.96. The Morgan fingerprint density at radius 1 is 1.37 bits per heavy atom. The Balaban J connectivity index is 1.80. The molecule has 2 heterocycles. The summed E-state index contributed by atoms with van der Waals surface area (Å²) in [6.45, 7) is 0.905. The topological polar surface area (TPSA) is 97.3 Å². The summed E-state index contributed by atoms with van der Waals surface area (Å²) in [6, 6.07) is 7.56. The van der Waals surface area contributed by atoms with Crippen LogP contribution in [0.15, 0.2) is 28.8 Å². The molecule has 0 radical (unpaired) electrons. The first kappa shape index (κ1) is 11.7. The summed E-state index contributed by atoms with van der Waals surface area (Å²) in [5.41, 5.74) is 9.96. The van der Waals surface area contributed by atoms with Gasteiger partial charge in [-0.05, 0) is 24.3 Å². The van der Waals surface area contributed by atoms with Crippen LogP contribution in [0.3, 0.4) is 0 Å². The smallest absolute Gasteiger partial charge is 0.240 e. The molecule has 3 N–H and O–H groups in total. The van der Waals surface area contributed by atoms with Gasteiger partial charge in [0.25, 0.3) is 0 Å². The number of nitrogens with zero attached hydrogens (tertiary/aromatic N) is 3. The number of nitrogens with two attached hydrogens (primary N) is 1. The number of benzene rings is 1. The molecule has 7 heteroatoms. The Morgan fingerprint density at radius 2 is 2.16 bits per heavy atom. The third kappa shape index (κ3) is 2.27. The highest BCUT2D eigenvalue weighted by Crippen LogP contribution is 2.21. The summed E-state index contributed by atoms with van der Waals surface area (Å²) in [4.78, 5) is 15.3. The average Bonchev–Trinajstić information content (AvgIpc) is 3.07. The molecule has 1 saturated heterocycles. The molecule has 1 fully saturated rings. The predicted molar refractivity (Wildman–Crippen MR) is 67.7 cm³/mol. The fraction of sp³-hybridized carbons (Fsp3) is 0.250. The number of hydrazine groups is 1. The zero-order valence-electron chi connectivity index (χ0n) is 10.2. The van der Waals surface area contributed by atoms with Gasteiger partial charge in [-0.15, -0.1) is 0 Å². The van der Waals surface area contributed by atoms with E-state index in [0.29, 0.717) is 24.7 Å². The zero-order chi connectivity index (χ0) is 13.2. The van der Waals surface area contributed by atoms with Gasteiger partial charge in [-0.2, -0.15) is 4.98 Å². The second-order valence-corrected chi connectivity index (χ2v) is 4.20. The second-order valence-electron chi connectivity index (χ2n) is 4.20. The van der Waals surface area contributed by atoms with Gasteiger partial charge in [-0.25, -0.2) is 0 Å². The maximum atomic E-state index is 11.2. The van der Waals surface area contributed by atoms with Crippen molar-refractivity contribution in [3.8, 4) is 11.4 Å². The van der Waals surface area contributed by atoms with Crippen LogP contribution in [0, 0.1) is 0 Å². The number of amides is 1. The van der Waals surface area contributed by atoms with E-state index in [1.165, 1.54) is 0 Å². The number of carbonyl (C=O) groups is 1. The van der Waals surface area contributed by atoms with Crippen molar-refractivity contribution >= 4 is 11.6 Å². The van der Waals surface area contributed by atoms with E-state index in [9.17, 15) is 4.79 Å². The molecule has 0 unspecified atom stereocenters. The average molecular weight is 259 g/mol. The van der Waals surface area contributed by atoms with E-state index in [0.717, 1.165) is 11.3 Å². The van der Waals surface area contributed by atoms with Gasteiger partial charge in [0.1, 0.15) is 0 Å². The van der Waals surface area contributed by atoms with E-state index >= 15 is 0 Å². The zero-order valence-corrected chi connectivity index (χ0v) is 10.2. The Morgan fingerprint density at radius 3 is 2.74 bits per heavy atom. The van der Waals surface area contributed by atoms with Crippen LogP contribution in [0.25, 0.3) is 11.4 Å². The van der Waals surface area contributed by atoms with E-state index in [1.807, 2.05) is 29.3 Å². The first-order valence-corrected chi connectivity index (χ1v) is 5.96. The second kappa shape index (κ2) is 4.69. The Labute approximate surface area is 109 Å². The fourth-order valence-corrected chi connectivity index (χ4v) is 1.91.